The Morgan fingerprint density at radius 1 is 0.409 bits per heavy atom. The minimum atomic E-state index is 0.558. The van der Waals surface area contributed by atoms with Gasteiger partial charge in [0.05, 0.1) is 0 Å². The largest absolute Gasteiger partial charge is 0.0596 e. The average Bonchev–Trinajstić information content (AvgIpc) is 2.40. The van der Waals surface area contributed by atoms with E-state index >= 15 is 0 Å². The summed E-state index contributed by atoms with van der Waals surface area (Å²) in [6.07, 6.45) is 8.74. The highest BCUT2D eigenvalue weighted by Crippen LogP contribution is 2.66. The first kappa shape index (κ1) is 16.8. The molecule has 0 nitrogen and oxygen atoms in total. The molecule has 3 aliphatic carbocycles. The summed E-state index contributed by atoms with van der Waals surface area (Å²) in [4.78, 5) is 0. The van der Waals surface area contributed by atoms with Gasteiger partial charge in [-0.15, -0.1) is 0 Å². The first-order chi connectivity index (χ1) is 9.87. The van der Waals surface area contributed by atoms with Crippen LogP contribution in [0.3, 0.4) is 0 Å². The van der Waals surface area contributed by atoms with Gasteiger partial charge in [-0.05, 0) is 83.9 Å². The van der Waals surface area contributed by atoms with Gasteiger partial charge in [0.25, 0.3) is 0 Å². The molecule has 0 aromatic heterocycles. The van der Waals surface area contributed by atoms with E-state index in [-0.39, 0.29) is 0 Å². The fourth-order valence-corrected chi connectivity index (χ4v) is 6.69. The van der Waals surface area contributed by atoms with Crippen LogP contribution in [0.5, 0.6) is 0 Å². The van der Waals surface area contributed by atoms with Gasteiger partial charge in [0.2, 0.25) is 0 Å². The van der Waals surface area contributed by atoms with Crippen LogP contribution in [0.25, 0.3) is 0 Å². The molecule has 0 N–H and O–H groups in total. The van der Waals surface area contributed by atoms with Crippen molar-refractivity contribution in [3.05, 3.63) is 0 Å². The van der Waals surface area contributed by atoms with Crippen LogP contribution in [0.1, 0.15) is 93.9 Å². The van der Waals surface area contributed by atoms with Crippen molar-refractivity contribution in [2.75, 3.05) is 0 Å². The van der Waals surface area contributed by atoms with Gasteiger partial charge >= 0.3 is 0 Å². The summed E-state index contributed by atoms with van der Waals surface area (Å²) >= 11 is 0. The zero-order valence-electron chi connectivity index (χ0n) is 16.6. The van der Waals surface area contributed by atoms with Crippen LogP contribution < -0.4 is 0 Å². The van der Waals surface area contributed by atoms with E-state index in [1.165, 1.54) is 38.5 Å². The molecule has 4 unspecified atom stereocenters. The normalized spacial score (nSPS) is 44.7. The molecular formula is C22H40. The number of rotatable bonds is 0. The third kappa shape index (κ3) is 2.48. The zero-order chi connectivity index (χ0) is 16.6. The van der Waals surface area contributed by atoms with Crippen LogP contribution in [-0.2, 0) is 0 Å². The molecule has 3 aliphatic rings. The number of hydrogen-bond acceptors (Lipinski definition) is 0. The lowest BCUT2D eigenvalue weighted by Gasteiger charge is -2.64. The molecule has 4 atom stereocenters. The van der Waals surface area contributed by atoms with Gasteiger partial charge in [-0.2, -0.15) is 0 Å². The molecule has 0 radical (unpaired) electrons. The summed E-state index contributed by atoms with van der Waals surface area (Å²) < 4.78 is 0. The maximum atomic E-state index is 2.57. The van der Waals surface area contributed by atoms with Crippen molar-refractivity contribution in [2.24, 2.45) is 45.3 Å². The summed E-state index contributed by atoms with van der Waals surface area (Å²) in [6, 6.07) is 0. The van der Waals surface area contributed by atoms with E-state index in [4.69, 9.17) is 0 Å². The molecule has 22 heavy (non-hydrogen) atoms. The lowest BCUT2D eigenvalue weighted by molar-refractivity contribution is -0.143. The van der Waals surface area contributed by atoms with Crippen molar-refractivity contribution in [3.63, 3.8) is 0 Å². The van der Waals surface area contributed by atoms with Crippen LogP contribution in [0.4, 0.5) is 0 Å². The quantitative estimate of drug-likeness (QED) is 0.455. The monoisotopic (exact) mass is 304 g/mol. The molecular weight excluding hydrogens is 264 g/mol. The van der Waals surface area contributed by atoms with Crippen molar-refractivity contribution in [1.82, 2.24) is 0 Å². The van der Waals surface area contributed by atoms with Gasteiger partial charge in [-0.3, -0.25) is 0 Å². The van der Waals surface area contributed by atoms with Crippen LogP contribution in [0.2, 0.25) is 0 Å². The second-order valence-electron chi connectivity index (χ2n) is 11.9. The van der Waals surface area contributed by atoms with E-state index in [9.17, 15) is 0 Å². The van der Waals surface area contributed by atoms with Crippen molar-refractivity contribution in [3.8, 4) is 0 Å². The minimum Gasteiger partial charge on any atom is -0.0596 e. The molecule has 0 bridgehead atoms. The third-order valence-electron chi connectivity index (χ3n) is 8.83. The number of fused-ring (bicyclic) bond motifs is 2. The zero-order valence-corrected chi connectivity index (χ0v) is 16.6. The minimum absolute atomic E-state index is 0.558. The van der Waals surface area contributed by atoms with Crippen LogP contribution in [0.15, 0.2) is 0 Å². The predicted molar refractivity (Wildman–Crippen MR) is 96.8 cm³/mol. The molecule has 0 spiro atoms. The van der Waals surface area contributed by atoms with Crippen molar-refractivity contribution >= 4 is 0 Å². The Bertz CT molecular complexity index is 355. The smallest absolute Gasteiger partial charge is 0.0323 e. The topological polar surface area (TPSA) is 0 Å². The fraction of sp³-hybridized carbons (Fsp3) is 1.00. The molecule has 0 saturated heterocycles. The van der Waals surface area contributed by atoms with Crippen molar-refractivity contribution < 1.29 is 0 Å². The average molecular weight is 305 g/mol. The van der Waals surface area contributed by atoms with Crippen molar-refractivity contribution in [1.29, 1.82) is 0 Å². The van der Waals surface area contributed by atoms with Gasteiger partial charge in [0, 0.05) is 0 Å². The summed E-state index contributed by atoms with van der Waals surface area (Å²) in [6.45, 7) is 20.6. The van der Waals surface area contributed by atoms with Gasteiger partial charge < -0.3 is 0 Å². The molecule has 128 valence electrons. The highest BCUT2D eigenvalue weighted by atomic mass is 14.6. The fourth-order valence-electron chi connectivity index (χ4n) is 6.69. The van der Waals surface area contributed by atoms with Crippen LogP contribution in [0, 0.1) is 45.3 Å². The Labute approximate surface area is 139 Å². The first-order valence-corrected chi connectivity index (χ1v) is 9.87. The lowest BCUT2D eigenvalue weighted by Crippen LogP contribution is -2.55. The van der Waals surface area contributed by atoms with Gasteiger partial charge in [-0.1, -0.05) is 55.4 Å². The van der Waals surface area contributed by atoms with Gasteiger partial charge in [0.15, 0.2) is 0 Å². The summed E-state index contributed by atoms with van der Waals surface area (Å²) in [5, 5.41) is 0. The van der Waals surface area contributed by atoms with Crippen LogP contribution >= 0.6 is 0 Å². The highest BCUT2D eigenvalue weighted by molar-refractivity contribution is 5.07. The van der Waals surface area contributed by atoms with E-state index in [1.807, 2.05) is 0 Å². The van der Waals surface area contributed by atoms with Gasteiger partial charge in [0.1, 0.15) is 0 Å². The predicted octanol–water partition coefficient (Wildman–Crippen LogP) is 6.94. The summed E-state index contributed by atoms with van der Waals surface area (Å²) in [5.74, 6) is 3.80. The molecule has 3 fully saturated rings. The summed E-state index contributed by atoms with van der Waals surface area (Å²) in [5.41, 5.74) is 2.23. The SMILES string of the molecule is CC1(C)CCC(C)(C)C2CC3C(CC21)C(C)(C)CCC3(C)C. The molecule has 0 aliphatic heterocycles. The maximum absolute atomic E-state index is 2.57. The van der Waals surface area contributed by atoms with E-state index < -0.39 is 0 Å². The number of hydrogen-bond donors (Lipinski definition) is 0. The molecule has 0 aromatic carbocycles. The highest BCUT2D eigenvalue weighted by Gasteiger charge is 2.58. The molecule has 3 saturated carbocycles. The Morgan fingerprint density at radius 2 is 0.591 bits per heavy atom. The molecule has 0 heteroatoms. The Morgan fingerprint density at radius 3 is 0.773 bits per heavy atom. The van der Waals surface area contributed by atoms with E-state index in [1.54, 1.807) is 0 Å². The molecule has 0 amide bonds. The second-order valence-corrected chi connectivity index (χ2v) is 11.9. The van der Waals surface area contributed by atoms with Gasteiger partial charge in [-0.25, -0.2) is 0 Å². The lowest BCUT2D eigenvalue weighted by atomic mass is 9.41. The Balaban J connectivity index is 1.98. The summed E-state index contributed by atoms with van der Waals surface area (Å²) in [7, 11) is 0. The maximum Gasteiger partial charge on any atom is -0.0323 e. The Hall–Kier alpha value is 0. The van der Waals surface area contributed by atoms with E-state index in [0.717, 1.165) is 23.7 Å². The molecule has 0 aromatic rings. The molecule has 0 heterocycles. The Kier molecular flexibility index (Phi) is 3.65. The van der Waals surface area contributed by atoms with Crippen LogP contribution in [-0.4, -0.2) is 0 Å². The van der Waals surface area contributed by atoms with Crippen molar-refractivity contribution in [2.45, 2.75) is 93.9 Å². The second kappa shape index (κ2) is 4.76. The standard InChI is InChI=1S/C22H40/c1-19(2)9-10-20(3,4)16-14-18-17(13-15(16)19)21(5,6)11-12-22(18,7)8/h15-18H,9-14H2,1-8H3. The third-order valence-corrected chi connectivity index (χ3v) is 8.83. The van der Waals surface area contributed by atoms with E-state index in [0.29, 0.717) is 21.7 Å². The first-order valence-electron chi connectivity index (χ1n) is 9.87. The van der Waals surface area contributed by atoms with E-state index in [2.05, 4.69) is 55.4 Å². The molecule has 3 rings (SSSR count).